The van der Waals surface area contributed by atoms with Crippen LogP contribution in [0.4, 0.5) is 0 Å². The zero-order valence-electron chi connectivity index (χ0n) is 11.2. The Labute approximate surface area is 118 Å². The molecule has 1 aliphatic rings. The molecule has 4 heteroatoms. The minimum absolute atomic E-state index is 0.0679. The molecule has 0 radical (unpaired) electrons. The molecular formula is C16H16O3P+. The third-order valence-corrected chi connectivity index (χ3v) is 5.95. The lowest BCUT2D eigenvalue weighted by Gasteiger charge is -2.26. The maximum Gasteiger partial charge on any atom is 0.350 e. The van der Waals surface area contributed by atoms with E-state index < -0.39 is 7.72 Å². The van der Waals surface area contributed by atoms with Crippen LogP contribution < -0.4 is 9.83 Å². The Morgan fingerprint density at radius 3 is 2.50 bits per heavy atom. The van der Waals surface area contributed by atoms with Crippen LogP contribution in [0, 0.1) is 0 Å². The Morgan fingerprint density at radius 1 is 1.10 bits per heavy atom. The average Bonchev–Trinajstić information content (AvgIpc) is 2.46. The van der Waals surface area contributed by atoms with E-state index in [0.717, 1.165) is 16.4 Å². The Bertz CT molecular complexity index is 668. The first-order chi connectivity index (χ1) is 9.60. The highest BCUT2D eigenvalue weighted by molar-refractivity contribution is 7.74. The lowest BCUT2D eigenvalue weighted by Crippen LogP contribution is -2.25. The predicted octanol–water partition coefficient (Wildman–Crippen LogP) is 3.19. The summed E-state index contributed by atoms with van der Waals surface area (Å²) in [5.41, 5.74) is 2.00. The second-order valence-electron chi connectivity index (χ2n) is 4.98. The van der Waals surface area contributed by atoms with Gasteiger partial charge < -0.3 is 4.52 Å². The van der Waals surface area contributed by atoms with Crippen molar-refractivity contribution in [2.24, 2.45) is 0 Å². The topological polar surface area (TPSA) is 46.5 Å². The van der Waals surface area contributed by atoms with Gasteiger partial charge in [0.25, 0.3) is 0 Å². The number of carbonyl (C=O) groups excluding carboxylic acids is 1. The van der Waals surface area contributed by atoms with E-state index in [9.17, 15) is 9.69 Å². The van der Waals surface area contributed by atoms with Gasteiger partial charge in [0, 0.05) is 17.5 Å². The van der Waals surface area contributed by atoms with E-state index in [2.05, 4.69) is 0 Å². The maximum absolute atomic E-state index is 11.2. The van der Waals surface area contributed by atoms with E-state index in [1.807, 2.05) is 48.5 Å². The zero-order chi connectivity index (χ0) is 14.2. The summed E-state index contributed by atoms with van der Waals surface area (Å²) < 4.78 is 5.91. The number of benzene rings is 2. The molecule has 0 saturated carbocycles. The van der Waals surface area contributed by atoms with Crippen LogP contribution in [-0.2, 0) is 4.79 Å². The van der Waals surface area contributed by atoms with Crippen molar-refractivity contribution in [3.63, 3.8) is 0 Å². The van der Waals surface area contributed by atoms with Crippen molar-refractivity contribution >= 4 is 18.8 Å². The van der Waals surface area contributed by atoms with Gasteiger partial charge in [0.1, 0.15) is 11.9 Å². The molecule has 3 nitrogen and oxygen atoms in total. The molecule has 0 fully saturated rings. The minimum Gasteiger partial charge on any atom is -0.314 e. The van der Waals surface area contributed by atoms with Crippen molar-refractivity contribution in [2.45, 2.75) is 13.3 Å². The highest BCUT2D eigenvalue weighted by Gasteiger charge is 2.48. The molecule has 0 saturated heterocycles. The SMILES string of the molecule is CC(=O)CC[P+]1(O)Oc2ccccc2-c2ccccc21. The highest BCUT2D eigenvalue weighted by atomic mass is 31.2. The second-order valence-corrected chi connectivity index (χ2v) is 7.50. The standard InChI is InChI=1S/C16H16O3P/c1-12(17)10-11-20(18)16-9-5-3-7-14(16)13-6-2-4-8-15(13)19-20/h2-9,18H,10-11H2,1H3/q+1. The first kappa shape index (κ1) is 13.3. The van der Waals surface area contributed by atoms with E-state index in [1.165, 1.54) is 6.92 Å². The third kappa shape index (κ3) is 2.24. The van der Waals surface area contributed by atoms with Gasteiger partial charge in [-0.05, 0) is 19.1 Å². The fraction of sp³-hybridized carbons (Fsp3) is 0.188. The molecule has 0 spiro atoms. The number of ketones is 1. The van der Waals surface area contributed by atoms with E-state index in [1.54, 1.807) is 0 Å². The summed E-state index contributed by atoms with van der Waals surface area (Å²) in [5, 5.41) is 0.833. The molecule has 1 unspecified atom stereocenters. The summed E-state index contributed by atoms with van der Waals surface area (Å²) >= 11 is 0. The van der Waals surface area contributed by atoms with Gasteiger partial charge in [-0.3, -0.25) is 4.79 Å². The van der Waals surface area contributed by atoms with Gasteiger partial charge in [-0.1, -0.05) is 36.4 Å². The van der Waals surface area contributed by atoms with Gasteiger partial charge in [-0.15, -0.1) is 0 Å². The number of hydrogen-bond acceptors (Lipinski definition) is 3. The Morgan fingerprint density at radius 2 is 1.75 bits per heavy atom. The number of para-hydroxylation sites is 1. The molecule has 1 heterocycles. The molecule has 0 aliphatic carbocycles. The van der Waals surface area contributed by atoms with Crippen LogP contribution in [0.2, 0.25) is 0 Å². The highest BCUT2D eigenvalue weighted by Crippen LogP contribution is 2.60. The molecule has 1 aliphatic heterocycles. The van der Waals surface area contributed by atoms with Crippen molar-refractivity contribution in [1.82, 2.24) is 0 Å². The van der Waals surface area contributed by atoms with Crippen molar-refractivity contribution in [1.29, 1.82) is 0 Å². The van der Waals surface area contributed by atoms with Gasteiger partial charge >= 0.3 is 7.72 Å². The molecule has 0 aromatic heterocycles. The number of carbonyl (C=O) groups is 1. The molecule has 1 atom stereocenters. The lowest BCUT2D eigenvalue weighted by atomic mass is 10.0. The molecule has 2 aromatic carbocycles. The molecule has 3 rings (SSSR count). The number of hydrogen-bond donors (Lipinski definition) is 1. The van der Waals surface area contributed by atoms with Gasteiger partial charge in [-0.2, -0.15) is 0 Å². The van der Waals surface area contributed by atoms with Crippen LogP contribution >= 0.6 is 7.72 Å². The molecule has 20 heavy (non-hydrogen) atoms. The Kier molecular flexibility index (Phi) is 3.33. The average molecular weight is 287 g/mol. The largest absolute Gasteiger partial charge is 0.350 e. The van der Waals surface area contributed by atoms with Crippen LogP contribution in [-0.4, -0.2) is 16.8 Å². The lowest BCUT2D eigenvalue weighted by molar-refractivity contribution is -0.116. The van der Waals surface area contributed by atoms with Crippen LogP contribution in [0.25, 0.3) is 11.1 Å². The molecule has 1 N–H and O–H groups in total. The summed E-state index contributed by atoms with van der Waals surface area (Å²) in [6.45, 7) is 1.54. The van der Waals surface area contributed by atoms with E-state index in [-0.39, 0.29) is 5.78 Å². The first-order valence-electron chi connectivity index (χ1n) is 6.59. The molecule has 0 amide bonds. The first-order valence-corrected chi connectivity index (χ1v) is 8.43. The fourth-order valence-electron chi connectivity index (χ4n) is 2.46. The van der Waals surface area contributed by atoms with Gasteiger partial charge in [0.05, 0.1) is 0 Å². The number of Topliss-reactive ketones (excluding diaryl/α,β-unsaturated/α-hetero) is 1. The van der Waals surface area contributed by atoms with Crippen LogP contribution in [0.15, 0.2) is 48.5 Å². The van der Waals surface area contributed by atoms with Crippen LogP contribution in [0.3, 0.4) is 0 Å². The quantitative estimate of drug-likeness (QED) is 0.882. The number of rotatable bonds is 3. The van der Waals surface area contributed by atoms with Crippen molar-refractivity contribution in [3.8, 4) is 16.9 Å². The summed E-state index contributed by atoms with van der Waals surface area (Å²) in [5.74, 6) is 0.768. The summed E-state index contributed by atoms with van der Waals surface area (Å²) in [6, 6.07) is 15.5. The van der Waals surface area contributed by atoms with Crippen molar-refractivity contribution < 1.29 is 14.2 Å². The Balaban J connectivity index is 2.10. The predicted molar refractivity (Wildman–Crippen MR) is 81.4 cm³/mol. The monoisotopic (exact) mass is 287 g/mol. The molecular weight excluding hydrogens is 271 g/mol. The smallest absolute Gasteiger partial charge is 0.314 e. The molecule has 2 aromatic rings. The third-order valence-electron chi connectivity index (χ3n) is 3.47. The fourth-order valence-corrected chi connectivity index (χ4v) is 4.89. The van der Waals surface area contributed by atoms with Gasteiger partial charge in [0.2, 0.25) is 0 Å². The number of fused-ring (bicyclic) bond motifs is 3. The zero-order valence-corrected chi connectivity index (χ0v) is 12.1. The van der Waals surface area contributed by atoms with Crippen molar-refractivity contribution in [2.75, 3.05) is 6.16 Å². The Hall–Kier alpha value is -1.70. The van der Waals surface area contributed by atoms with E-state index in [4.69, 9.17) is 4.52 Å². The van der Waals surface area contributed by atoms with Crippen LogP contribution in [0.5, 0.6) is 5.75 Å². The molecule has 102 valence electrons. The van der Waals surface area contributed by atoms with Crippen LogP contribution in [0.1, 0.15) is 13.3 Å². The van der Waals surface area contributed by atoms with Gasteiger partial charge in [-0.25, -0.2) is 4.89 Å². The minimum atomic E-state index is -2.76. The van der Waals surface area contributed by atoms with E-state index in [0.29, 0.717) is 18.3 Å². The van der Waals surface area contributed by atoms with Crippen molar-refractivity contribution in [3.05, 3.63) is 48.5 Å². The summed E-state index contributed by atoms with van der Waals surface area (Å²) in [4.78, 5) is 22.2. The normalized spacial score (nSPS) is 19.7. The second kappa shape index (κ2) is 5.01. The van der Waals surface area contributed by atoms with E-state index >= 15 is 0 Å². The van der Waals surface area contributed by atoms with Gasteiger partial charge in [0.15, 0.2) is 11.1 Å². The maximum atomic E-state index is 11.2. The summed E-state index contributed by atoms with van der Waals surface area (Å²) in [6.07, 6.45) is 0.703. The molecule has 0 bridgehead atoms. The summed E-state index contributed by atoms with van der Waals surface area (Å²) in [7, 11) is -2.76.